The van der Waals surface area contributed by atoms with Crippen LogP contribution in [0.4, 0.5) is 11.5 Å². The Labute approximate surface area is 163 Å². The molecule has 0 spiro atoms. The number of sulfonamides is 1. The Morgan fingerprint density at radius 3 is 2.50 bits per heavy atom. The number of para-hydroxylation sites is 1. The summed E-state index contributed by atoms with van der Waals surface area (Å²) in [7, 11) is -3.61. The highest BCUT2D eigenvalue weighted by molar-refractivity contribution is 7.92. The van der Waals surface area contributed by atoms with Crippen LogP contribution in [-0.4, -0.2) is 24.9 Å². The number of H-pyrrole nitrogens is 1. The molecule has 2 aromatic carbocycles. The van der Waals surface area contributed by atoms with E-state index < -0.39 is 10.0 Å². The second-order valence-corrected chi connectivity index (χ2v) is 8.07. The first kappa shape index (κ1) is 18.1. The number of fused-ring (bicyclic) bond motifs is 1. The molecular weight excluding hydrogens is 372 g/mol. The van der Waals surface area contributed by atoms with Gasteiger partial charge < -0.3 is 10.3 Å². The van der Waals surface area contributed by atoms with Gasteiger partial charge in [-0.25, -0.2) is 13.4 Å². The van der Waals surface area contributed by atoms with Gasteiger partial charge in [-0.1, -0.05) is 36.4 Å². The lowest BCUT2D eigenvalue weighted by Crippen LogP contribution is -2.13. The van der Waals surface area contributed by atoms with Crippen LogP contribution in [0.3, 0.4) is 0 Å². The summed E-state index contributed by atoms with van der Waals surface area (Å²) in [6, 6.07) is 19.9. The minimum absolute atomic E-state index is 0.218. The number of rotatable bonds is 7. The van der Waals surface area contributed by atoms with Crippen molar-refractivity contribution in [3.8, 4) is 0 Å². The lowest BCUT2D eigenvalue weighted by atomic mass is 10.1. The van der Waals surface area contributed by atoms with E-state index in [0.29, 0.717) is 11.5 Å². The molecule has 0 saturated heterocycles. The topological polar surface area (TPSA) is 86.9 Å². The molecule has 0 aliphatic rings. The largest absolute Gasteiger partial charge is 0.370 e. The molecule has 4 rings (SSSR count). The van der Waals surface area contributed by atoms with E-state index in [1.54, 1.807) is 42.5 Å². The van der Waals surface area contributed by atoms with Crippen LogP contribution in [-0.2, 0) is 16.4 Å². The van der Waals surface area contributed by atoms with Crippen molar-refractivity contribution < 1.29 is 8.42 Å². The molecule has 2 aromatic heterocycles. The Hall–Kier alpha value is -3.32. The first-order chi connectivity index (χ1) is 13.6. The van der Waals surface area contributed by atoms with Crippen LogP contribution < -0.4 is 10.0 Å². The number of aromatic amines is 1. The predicted molar refractivity (Wildman–Crippen MR) is 112 cm³/mol. The van der Waals surface area contributed by atoms with Gasteiger partial charge in [-0.05, 0) is 42.3 Å². The van der Waals surface area contributed by atoms with Crippen molar-refractivity contribution in [3.05, 3.63) is 84.7 Å². The molecule has 2 heterocycles. The van der Waals surface area contributed by atoms with E-state index in [1.165, 1.54) is 17.1 Å². The van der Waals surface area contributed by atoms with Crippen molar-refractivity contribution in [3.63, 3.8) is 0 Å². The van der Waals surface area contributed by atoms with Gasteiger partial charge in [-0.15, -0.1) is 0 Å². The fourth-order valence-electron chi connectivity index (χ4n) is 3.04. The Kier molecular flexibility index (Phi) is 4.99. The molecular formula is C21H20N4O2S. The van der Waals surface area contributed by atoms with Crippen LogP contribution in [0.2, 0.25) is 0 Å². The van der Waals surface area contributed by atoms with E-state index in [2.05, 4.69) is 32.1 Å². The maximum atomic E-state index is 12.3. The normalized spacial score (nSPS) is 11.4. The number of nitrogens with zero attached hydrogens (tertiary/aromatic N) is 1. The van der Waals surface area contributed by atoms with Crippen molar-refractivity contribution in [2.75, 3.05) is 16.6 Å². The molecule has 6 nitrogen and oxygen atoms in total. The summed E-state index contributed by atoms with van der Waals surface area (Å²) >= 11 is 0. The fourth-order valence-corrected chi connectivity index (χ4v) is 4.10. The van der Waals surface area contributed by atoms with Crippen LogP contribution in [0.5, 0.6) is 0 Å². The SMILES string of the molecule is O=S(=O)(Nc1ccc(NCCc2c[nH]c3ccccc23)nc1)c1ccccc1. The third kappa shape index (κ3) is 3.99. The van der Waals surface area contributed by atoms with Crippen LogP contribution in [0.1, 0.15) is 5.56 Å². The van der Waals surface area contributed by atoms with E-state index in [1.807, 2.05) is 18.3 Å². The van der Waals surface area contributed by atoms with Gasteiger partial charge in [0.2, 0.25) is 0 Å². The lowest BCUT2D eigenvalue weighted by Gasteiger charge is -2.09. The minimum Gasteiger partial charge on any atom is -0.370 e. The fraction of sp³-hybridized carbons (Fsp3) is 0.0952. The summed E-state index contributed by atoms with van der Waals surface area (Å²) in [6.07, 6.45) is 4.39. The average molecular weight is 392 g/mol. The highest BCUT2D eigenvalue weighted by Crippen LogP contribution is 2.19. The van der Waals surface area contributed by atoms with Gasteiger partial charge in [-0.3, -0.25) is 4.72 Å². The zero-order valence-electron chi connectivity index (χ0n) is 15.1. The predicted octanol–water partition coefficient (Wildman–Crippen LogP) is 4.02. The molecule has 0 aliphatic carbocycles. The first-order valence-corrected chi connectivity index (χ1v) is 10.4. The summed E-state index contributed by atoms with van der Waals surface area (Å²) in [4.78, 5) is 7.78. The highest BCUT2D eigenvalue weighted by atomic mass is 32.2. The quantitative estimate of drug-likeness (QED) is 0.443. The number of hydrogen-bond acceptors (Lipinski definition) is 4. The van der Waals surface area contributed by atoms with Gasteiger partial charge in [0.1, 0.15) is 5.82 Å². The molecule has 0 atom stereocenters. The van der Waals surface area contributed by atoms with E-state index in [0.717, 1.165) is 18.5 Å². The Bertz CT molecular complexity index is 1170. The molecule has 0 aliphatic heterocycles. The maximum Gasteiger partial charge on any atom is 0.261 e. The van der Waals surface area contributed by atoms with Gasteiger partial charge in [-0.2, -0.15) is 0 Å². The van der Waals surface area contributed by atoms with Gasteiger partial charge in [0.25, 0.3) is 10.0 Å². The summed E-state index contributed by atoms with van der Waals surface area (Å²) in [5.74, 6) is 0.697. The van der Waals surface area contributed by atoms with E-state index in [-0.39, 0.29) is 4.90 Å². The molecule has 0 radical (unpaired) electrons. The molecule has 0 saturated carbocycles. The van der Waals surface area contributed by atoms with Crippen molar-refractivity contribution in [2.45, 2.75) is 11.3 Å². The third-order valence-corrected chi connectivity index (χ3v) is 5.84. The lowest BCUT2D eigenvalue weighted by molar-refractivity contribution is 0.601. The molecule has 0 amide bonds. The molecule has 0 unspecified atom stereocenters. The molecule has 28 heavy (non-hydrogen) atoms. The van der Waals surface area contributed by atoms with Crippen molar-refractivity contribution in [1.29, 1.82) is 0 Å². The van der Waals surface area contributed by atoms with Gasteiger partial charge in [0.05, 0.1) is 16.8 Å². The number of pyridine rings is 1. The van der Waals surface area contributed by atoms with Gasteiger partial charge >= 0.3 is 0 Å². The molecule has 7 heteroatoms. The Morgan fingerprint density at radius 2 is 1.71 bits per heavy atom. The summed E-state index contributed by atoms with van der Waals surface area (Å²) in [5, 5.41) is 4.49. The summed E-state index contributed by atoms with van der Waals surface area (Å²) in [6.45, 7) is 0.726. The molecule has 0 fully saturated rings. The second-order valence-electron chi connectivity index (χ2n) is 6.39. The van der Waals surface area contributed by atoms with E-state index >= 15 is 0 Å². The minimum atomic E-state index is -3.61. The van der Waals surface area contributed by atoms with E-state index in [9.17, 15) is 8.42 Å². The van der Waals surface area contributed by atoms with Crippen LogP contribution >= 0.6 is 0 Å². The molecule has 142 valence electrons. The van der Waals surface area contributed by atoms with Crippen LogP contribution in [0, 0.1) is 0 Å². The Morgan fingerprint density at radius 1 is 0.929 bits per heavy atom. The van der Waals surface area contributed by atoms with Crippen molar-refractivity contribution in [1.82, 2.24) is 9.97 Å². The third-order valence-electron chi connectivity index (χ3n) is 4.44. The molecule has 0 bridgehead atoms. The monoisotopic (exact) mass is 392 g/mol. The van der Waals surface area contributed by atoms with Crippen molar-refractivity contribution in [2.24, 2.45) is 0 Å². The summed E-state index contributed by atoms with van der Waals surface area (Å²) < 4.78 is 27.2. The first-order valence-electron chi connectivity index (χ1n) is 8.95. The highest BCUT2D eigenvalue weighted by Gasteiger charge is 2.13. The average Bonchev–Trinajstić information content (AvgIpc) is 3.13. The summed E-state index contributed by atoms with van der Waals surface area (Å²) in [5.41, 5.74) is 2.80. The number of aromatic nitrogens is 2. The van der Waals surface area contributed by atoms with Gasteiger partial charge in [0.15, 0.2) is 0 Å². The standard InChI is InChI=1S/C21H20N4O2S/c26-28(27,18-6-2-1-3-7-18)25-17-10-11-21(24-15-17)22-13-12-16-14-23-20-9-5-4-8-19(16)20/h1-11,14-15,23,25H,12-13H2,(H,22,24). The number of benzene rings is 2. The van der Waals surface area contributed by atoms with Crippen LogP contribution in [0.15, 0.2) is 84.0 Å². The number of hydrogen-bond donors (Lipinski definition) is 3. The zero-order valence-corrected chi connectivity index (χ0v) is 15.9. The van der Waals surface area contributed by atoms with E-state index in [4.69, 9.17) is 0 Å². The number of nitrogens with one attached hydrogen (secondary N) is 3. The molecule has 4 aromatic rings. The van der Waals surface area contributed by atoms with Crippen LogP contribution in [0.25, 0.3) is 10.9 Å². The molecule has 3 N–H and O–H groups in total. The smallest absolute Gasteiger partial charge is 0.261 e. The van der Waals surface area contributed by atoms with Crippen molar-refractivity contribution >= 4 is 32.4 Å². The second kappa shape index (κ2) is 7.74. The maximum absolute atomic E-state index is 12.3. The number of anilines is 2. The Balaban J connectivity index is 1.36. The van der Waals surface area contributed by atoms with Gasteiger partial charge in [0, 0.05) is 23.6 Å². The zero-order chi connectivity index (χ0) is 19.4.